The molecule has 0 fully saturated rings. The summed E-state index contributed by atoms with van der Waals surface area (Å²) in [7, 11) is 0. The summed E-state index contributed by atoms with van der Waals surface area (Å²) in [6, 6.07) is 17.6. The maximum absolute atomic E-state index is 14.0. The fourth-order valence-corrected chi connectivity index (χ4v) is 3.41. The second-order valence-electron chi connectivity index (χ2n) is 7.24. The molecule has 7 nitrogen and oxygen atoms in total. The highest BCUT2D eigenvalue weighted by Gasteiger charge is 2.19. The van der Waals surface area contributed by atoms with Gasteiger partial charge in [0.05, 0.1) is 12.1 Å². The molecule has 164 valence electrons. The number of halogens is 1. The van der Waals surface area contributed by atoms with E-state index < -0.39 is 10.9 Å². The highest BCUT2D eigenvalue weighted by atomic mass is 19.1. The van der Waals surface area contributed by atoms with Gasteiger partial charge in [-0.15, -0.1) is 0 Å². The Morgan fingerprint density at radius 2 is 1.75 bits per heavy atom. The van der Waals surface area contributed by atoms with Gasteiger partial charge in [0.1, 0.15) is 5.82 Å². The third-order valence-corrected chi connectivity index (χ3v) is 5.05. The van der Waals surface area contributed by atoms with Gasteiger partial charge >= 0.3 is 5.97 Å². The number of nitrogens with zero attached hydrogens (tertiary/aromatic N) is 2. The average Bonchev–Trinajstić information content (AvgIpc) is 2.76. The molecule has 0 unspecified atom stereocenters. The van der Waals surface area contributed by atoms with Crippen LogP contribution in [0.15, 0.2) is 66.7 Å². The van der Waals surface area contributed by atoms with Gasteiger partial charge in [-0.25, -0.2) is 9.18 Å². The molecule has 8 heteroatoms. The van der Waals surface area contributed by atoms with E-state index in [1.54, 1.807) is 42.5 Å². The van der Waals surface area contributed by atoms with Crippen molar-refractivity contribution in [2.75, 3.05) is 11.4 Å². The van der Waals surface area contributed by atoms with Gasteiger partial charge < -0.3 is 10.0 Å². The molecule has 3 aromatic rings. The van der Waals surface area contributed by atoms with Gasteiger partial charge in [-0.2, -0.15) is 0 Å². The number of anilines is 1. The van der Waals surface area contributed by atoms with Crippen molar-refractivity contribution >= 4 is 17.6 Å². The number of carboxylic acids is 1. The number of carbonyl (C=O) groups is 2. The third kappa shape index (κ3) is 5.34. The van der Waals surface area contributed by atoms with Crippen LogP contribution in [0.25, 0.3) is 11.1 Å². The first kappa shape index (κ1) is 22.6. The van der Waals surface area contributed by atoms with E-state index in [0.29, 0.717) is 22.4 Å². The summed E-state index contributed by atoms with van der Waals surface area (Å²) >= 11 is 0. The topological polar surface area (TPSA) is 101 Å². The van der Waals surface area contributed by atoms with E-state index in [9.17, 15) is 29.2 Å². The number of aromatic carboxylic acids is 1. The molecule has 0 bridgehead atoms. The number of amides is 1. The van der Waals surface area contributed by atoms with E-state index in [1.807, 2.05) is 0 Å². The van der Waals surface area contributed by atoms with Crippen LogP contribution in [-0.4, -0.2) is 28.5 Å². The van der Waals surface area contributed by atoms with E-state index in [0.717, 1.165) is 5.56 Å². The Bertz CT molecular complexity index is 1160. The van der Waals surface area contributed by atoms with Crippen LogP contribution >= 0.6 is 0 Å². The number of hydrogen-bond acceptors (Lipinski definition) is 4. The van der Waals surface area contributed by atoms with Gasteiger partial charge in [0, 0.05) is 29.5 Å². The molecule has 32 heavy (non-hydrogen) atoms. The number of nitro groups is 1. The van der Waals surface area contributed by atoms with Crippen LogP contribution in [0.5, 0.6) is 0 Å². The molecule has 0 spiro atoms. The predicted molar refractivity (Wildman–Crippen MR) is 118 cm³/mol. The van der Waals surface area contributed by atoms with E-state index >= 15 is 0 Å². The van der Waals surface area contributed by atoms with E-state index in [1.165, 1.54) is 36.1 Å². The highest BCUT2D eigenvalue weighted by Crippen LogP contribution is 2.27. The summed E-state index contributed by atoms with van der Waals surface area (Å²) in [6.07, 6.45) is 0.0538. The quantitative estimate of drug-likeness (QED) is 0.412. The minimum atomic E-state index is -1.16. The van der Waals surface area contributed by atoms with Gasteiger partial charge in [0.15, 0.2) is 0 Å². The first-order chi connectivity index (χ1) is 15.3. The molecule has 0 saturated carbocycles. The van der Waals surface area contributed by atoms with E-state index in [2.05, 4.69) is 0 Å². The van der Waals surface area contributed by atoms with Crippen molar-refractivity contribution in [1.29, 1.82) is 0 Å². The average molecular weight is 436 g/mol. The predicted octanol–water partition coefficient (Wildman–Crippen LogP) is 4.56. The summed E-state index contributed by atoms with van der Waals surface area (Å²) in [6.45, 7) is 1.13. The Kier molecular flexibility index (Phi) is 6.94. The zero-order valence-electron chi connectivity index (χ0n) is 17.3. The Morgan fingerprint density at radius 3 is 2.34 bits per heavy atom. The van der Waals surface area contributed by atoms with Crippen LogP contribution in [0, 0.1) is 15.9 Å². The molecule has 3 rings (SSSR count). The second kappa shape index (κ2) is 9.82. The zero-order valence-corrected chi connectivity index (χ0v) is 17.3. The van der Waals surface area contributed by atoms with Crippen LogP contribution < -0.4 is 4.90 Å². The van der Waals surface area contributed by atoms with Gasteiger partial charge in [-0.3, -0.25) is 14.9 Å². The lowest BCUT2D eigenvalue weighted by atomic mass is 10.0. The maximum Gasteiger partial charge on any atom is 0.335 e. The molecule has 0 aliphatic rings. The molecule has 0 radical (unpaired) electrons. The van der Waals surface area contributed by atoms with Crippen molar-refractivity contribution in [3.05, 3.63) is 99.4 Å². The Balaban J connectivity index is 1.93. The monoisotopic (exact) mass is 436 g/mol. The molecule has 0 aliphatic heterocycles. The standard InChI is InChI=1S/C24H21FN2O5/c1-16(28)26(23-14-20(24(29)30)11-10-19(23)12-13-27(31)32)15-17-6-8-18(9-7-17)21-4-2-3-5-22(21)25/h2-11,14H,12-13,15H2,1H3,(H,29,30). The molecule has 1 N–H and O–H groups in total. The van der Waals surface area contributed by atoms with Crippen LogP contribution in [0.4, 0.5) is 10.1 Å². The Hall–Kier alpha value is -4.07. The molecule has 0 saturated heterocycles. The van der Waals surface area contributed by atoms with Gasteiger partial charge in [0.2, 0.25) is 12.5 Å². The highest BCUT2D eigenvalue weighted by molar-refractivity contribution is 5.95. The zero-order chi connectivity index (χ0) is 23.3. The van der Waals surface area contributed by atoms with Crippen LogP contribution in [0.3, 0.4) is 0 Å². The lowest BCUT2D eigenvalue weighted by Crippen LogP contribution is -2.29. The van der Waals surface area contributed by atoms with Crippen molar-refractivity contribution in [3.63, 3.8) is 0 Å². The number of carboxylic acid groups (broad SMARTS) is 1. The van der Waals surface area contributed by atoms with Crippen molar-refractivity contribution < 1.29 is 24.0 Å². The van der Waals surface area contributed by atoms with E-state index in [-0.39, 0.29) is 36.8 Å². The normalized spacial score (nSPS) is 10.6. The smallest absolute Gasteiger partial charge is 0.335 e. The molecular weight excluding hydrogens is 415 g/mol. The van der Waals surface area contributed by atoms with Crippen molar-refractivity contribution in [1.82, 2.24) is 0 Å². The molecule has 0 heterocycles. The van der Waals surface area contributed by atoms with Crippen LogP contribution in [0.1, 0.15) is 28.4 Å². The number of benzene rings is 3. The molecule has 0 aliphatic carbocycles. The Labute approximate surface area is 183 Å². The van der Waals surface area contributed by atoms with Crippen molar-refractivity contribution in [2.45, 2.75) is 19.9 Å². The summed E-state index contributed by atoms with van der Waals surface area (Å²) < 4.78 is 14.0. The van der Waals surface area contributed by atoms with Crippen LogP contribution in [0.2, 0.25) is 0 Å². The first-order valence-corrected chi connectivity index (χ1v) is 9.86. The maximum atomic E-state index is 14.0. The fourth-order valence-electron chi connectivity index (χ4n) is 3.41. The molecule has 0 atom stereocenters. The summed E-state index contributed by atoms with van der Waals surface area (Å²) in [5.41, 5.74) is 2.68. The minimum Gasteiger partial charge on any atom is -0.478 e. The second-order valence-corrected chi connectivity index (χ2v) is 7.24. The molecule has 3 aromatic carbocycles. The summed E-state index contributed by atoms with van der Waals surface area (Å²) in [4.78, 5) is 35.6. The summed E-state index contributed by atoms with van der Waals surface area (Å²) in [5.74, 6) is -1.84. The molecular formula is C24H21FN2O5. The largest absolute Gasteiger partial charge is 0.478 e. The van der Waals surface area contributed by atoms with Crippen LogP contribution in [-0.2, 0) is 17.8 Å². The lowest BCUT2D eigenvalue weighted by molar-refractivity contribution is -0.479. The van der Waals surface area contributed by atoms with E-state index in [4.69, 9.17) is 0 Å². The first-order valence-electron chi connectivity index (χ1n) is 9.86. The van der Waals surface area contributed by atoms with Crippen molar-refractivity contribution in [3.8, 4) is 11.1 Å². The lowest BCUT2D eigenvalue weighted by Gasteiger charge is -2.24. The minimum absolute atomic E-state index is 0.0222. The fraction of sp³-hybridized carbons (Fsp3) is 0.167. The van der Waals surface area contributed by atoms with Gasteiger partial charge in [-0.05, 0) is 34.9 Å². The summed E-state index contributed by atoms with van der Waals surface area (Å²) in [5, 5.41) is 20.2. The van der Waals surface area contributed by atoms with Gasteiger partial charge in [-0.1, -0.05) is 48.5 Å². The van der Waals surface area contributed by atoms with Gasteiger partial charge in [0.25, 0.3) is 0 Å². The molecule has 0 aromatic heterocycles. The Morgan fingerprint density at radius 1 is 1.06 bits per heavy atom. The SMILES string of the molecule is CC(=O)N(Cc1ccc(-c2ccccc2F)cc1)c1cc(C(=O)O)ccc1CC[N+](=O)[O-]. The number of rotatable bonds is 8. The third-order valence-electron chi connectivity index (χ3n) is 5.05. The number of hydrogen-bond donors (Lipinski definition) is 1. The number of carbonyl (C=O) groups excluding carboxylic acids is 1. The van der Waals surface area contributed by atoms with Crippen molar-refractivity contribution in [2.24, 2.45) is 0 Å². The molecule has 1 amide bonds.